The summed E-state index contributed by atoms with van der Waals surface area (Å²) in [6.45, 7) is 6.38. The number of sulfonamides is 1. The standard InChI is InChI=1S/C21H26N2O3S/c1-5-15-6-9-17(10-7-15)27(24,25)23-14-21(2,3)19-13-22-20-11-8-16(26-4)12-18(19)20/h6-13,22-23H,5,14H2,1-4H3. The molecule has 0 unspecified atom stereocenters. The van der Waals surface area contributed by atoms with Gasteiger partial charge in [0.05, 0.1) is 12.0 Å². The number of H-pyrrole nitrogens is 1. The molecule has 0 spiro atoms. The summed E-state index contributed by atoms with van der Waals surface area (Å²) in [4.78, 5) is 3.54. The van der Waals surface area contributed by atoms with Gasteiger partial charge >= 0.3 is 0 Å². The van der Waals surface area contributed by atoms with Crippen LogP contribution in [0.1, 0.15) is 31.9 Å². The average Bonchev–Trinajstić information content (AvgIpc) is 3.10. The molecule has 27 heavy (non-hydrogen) atoms. The quantitative estimate of drug-likeness (QED) is 0.645. The fourth-order valence-electron chi connectivity index (χ4n) is 3.14. The van der Waals surface area contributed by atoms with Gasteiger partial charge < -0.3 is 9.72 Å². The third-order valence-electron chi connectivity index (χ3n) is 4.96. The van der Waals surface area contributed by atoms with Crippen LogP contribution in [-0.2, 0) is 21.9 Å². The number of rotatable bonds is 7. The molecule has 3 aromatic rings. The van der Waals surface area contributed by atoms with Gasteiger partial charge in [-0.3, -0.25) is 0 Å². The number of aromatic amines is 1. The lowest BCUT2D eigenvalue weighted by Gasteiger charge is -2.25. The second kappa shape index (κ2) is 7.37. The minimum absolute atomic E-state index is 0.287. The Morgan fingerprint density at radius 1 is 1.11 bits per heavy atom. The van der Waals surface area contributed by atoms with Gasteiger partial charge in [-0.25, -0.2) is 13.1 Å². The second-order valence-electron chi connectivity index (χ2n) is 7.32. The van der Waals surface area contributed by atoms with Crippen molar-refractivity contribution in [2.75, 3.05) is 13.7 Å². The summed E-state index contributed by atoms with van der Waals surface area (Å²) in [5, 5.41) is 1.03. The molecule has 0 atom stereocenters. The summed E-state index contributed by atoms with van der Waals surface area (Å²) >= 11 is 0. The van der Waals surface area contributed by atoms with Gasteiger partial charge in [0.15, 0.2) is 0 Å². The molecule has 3 rings (SSSR count). The number of aryl methyl sites for hydroxylation is 1. The van der Waals surface area contributed by atoms with Gasteiger partial charge in [0, 0.05) is 29.1 Å². The topological polar surface area (TPSA) is 71.2 Å². The Kier molecular flexibility index (Phi) is 5.31. The zero-order valence-electron chi connectivity index (χ0n) is 16.2. The lowest BCUT2D eigenvalue weighted by atomic mass is 9.84. The first-order chi connectivity index (χ1) is 12.8. The van der Waals surface area contributed by atoms with Crippen molar-refractivity contribution in [1.29, 1.82) is 0 Å². The number of methoxy groups -OCH3 is 1. The molecule has 2 N–H and O–H groups in total. The summed E-state index contributed by atoms with van der Waals surface area (Å²) in [5.74, 6) is 0.774. The highest BCUT2D eigenvalue weighted by molar-refractivity contribution is 7.89. The summed E-state index contributed by atoms with van der Waals surface area (Å²) in [6.07, 6.45) is 2.82. The molecule has 0 saturated carbocycles. The summed E-state index contributed by atoms with van der Waals surface area (Å²) in [5.41, 5.74) is 2.75. The van der Waals surface area contributed by atoms with E-state index in [0.29, 0.717) is 0 Å². The highest BCUT2D eigenvalue weighted by Gasteiger charge is 2.27. The Morgan fingerprint density at radius 3 is 2.44 bits per heavy atom. The summed E-state index contributed by atoms with van der Waals surface area (Å²) < 4.78 is 33.4. The third kappa shape index (κ3) is 4.01. The monoisotopic (exact) mass is 386 g/mol. The molecule has 0 amide bonds. The van der Waals surface area contributed by atoms with E-state index < -0.39 is 15.4 Å². The maximum atomic E-state index is 12.7. The van der Waals surface area contributed by atoms with Crippen molar-refractivity contribution in [3.63, 3.8) is 0 Å². The highest BCUT2D eigenvalue weighted by Crippen LogP contribution is 2.32. The Balaban J connectivity index is 1.83. The molecule has 144 valence electrons. The first-order valence-electron chi connectivity index (χ1n) is 9.01. The van der Waals surface area contributed by atoms with Gasteiger partial charge in [0.2, 0.25) is 10.0 Å². The Morgan fingerprint density at radius 2 is 1.81 bits per heavy atom. The predicted molar refractivity (Wildman–Crippen MR) is 109 cm³/mol. The molecule has 2 aromatic carbocycles. The number of ether oxygens (including phenoxy) is 1. The number of fused-ring (bicyclic) bond motifs is 1. The Labute approximate surface area is 160 Å². The molecule has 1 heterocycles. The molecule has 0 radical (unpaired) electrons. The fourth-order valence-corrected chi connectivity index (χ4v) is 4.36. The molecule has 0 aliphatic carbocycles. The van der Waals surface area contributed by atoms with E-state index >= 15 is 0 Å². The van der Waals surface area contributed by atoms with E-state index in [-0.39, 0.29) is 11.4 Å². The van der Waals surface area contributed by atoms with Gasteiger partial charge in [-0.15, -0.1) is 0 Å². The van der Waals surface area contributed by atoms with Crippen LogP contribution < -0.4 is 9.46 Å². The largest absolute Gasteiger partial charge is 0.497 e. The van der Waals surface area contributed by atoms with E-state index in [9.17, 15) is 8.42 Å². The minimum Gasteiger partial charge on any atom is -0.497 e. The molecular weight excluding hydrogens is 360 g/mol. The van der Waals surface area contributed by atoms with Crippen LogP contribution in [0.25, 0.3) is 10.9 Å². The predicted octanol–water partition coefficient (Wildman–Crippen LogP) is 4.00. The number of aromatic nitrogens is 1. The Hall–Kier alpha value is -2.31. The van der Waals surface area contributed by atoms with Crippen molar-refractivity contribution in [3.8, 4) is 5.75 Å². The maximum absolute atomic E-state index is 12.7. The van der Waals surface area contributed by atoms with Crippen molar-refractivity contribution in [2.45, 2.75) is 37.5 Å². The Bertz CT molecular complexity index is 1030. The highest BCUT2D eigenvalue weighted by atomic mass is 32.2. The molecule has 0 aliphatic rings. The van der Waals surface area contributed by atoms with Gasteiger partial charge in [-0.2, -0.15) is 0 Å². The molecule has 0 bridgehead atoms. The smallest absolute Gasteiger partial charge is 0.240 e. The van der Waals surface area contributed by atoms with E-state index in [0.717, 1.165) is 34.2 Å². The zero-order valence-corrected chi connectivity index (χ0v) is 17.0. The normalized spacial score (nSPS) is 12.4. The third-order valence-corrected chi connectivity index (χ3v) is 6.38. The number of nitrogens with one attached hydrogen (secondary N) is 2. The van der Waals surface area contributed by atoms with Crippen molar-refractivity contribution in [1.82, 2.24) is 9.71 Å². The van der Waals surface area contributed by atoms with E-state index in [1.165, 1.54) is 0 Å². The van der Waals surface area contributed by atoms with Crippen LogP contribution in [0.15, 0.2) is 53.6 Å². The molecule has 0 fully saturated rings. The van der Waals surface area contributed by atoms with Gasteiger partial charge in [-0.05, 0) is 47.9 Å². The van der Waals surface area contributed by atoms with E-state index in [2.05, 4.69) is 9.71 Å². The van der Waals surface area contributed by atoms with Crippen LogP contribution in [0.3, 0.4) is 0 Å². The van der Waals surface area contributed by atoms with Crippen LogP contribution in [0.2, 0.25) is 0 Å². The molecule has 0 aliphatic heterocycles. The van der Waals surface area contributed by atoms with Crippen LogP contribution >= 0.6 is 0 Å². The second-order valence-corrected chi connectivity index (χ2v) is 9.09. The summed E-state index contributed by atoms with van der Waals surface area (Å²) in [7, 11) is -1.93. The summed E-state index contributed by atoms with van der Waals surface area (Å²) in [6, 6.07) is 12.9. The van der Waals surface area contributed by atoms with Gasteiger partial charge in [-0.1, -0.05) is 32.9 Å². The van der Waals surface area contributed by atoms with Crippen LogP contribution in [-0.4, -0.2) is 27.1 Å². The number of hydrogen-bond acceptors (Lipinski definition) is 3. The van der Waals surface area contributed by atoms with E-state index in [1.807, 2.05) is 57.3 Å². The fraction of sp³-hybridized carbons (Fsp3) is 0.333. The van der Waals surface area contributed by atoms with Crippen molar-refractivity contribution >= 4 is 20.9 Å². The average molecular weight is 387 g/mol. The molecule has 6 heteroatoms. The zero-order chi connectivity index (χ0) is 19.7. The van der Waals surface area contributed by atoms with Crippen LogP contribution in [0, 0.1) is 0 Å². The maximum Gasteiger partial charge on any atom is 0.240 e. The van der Waals surface area contributed by atoms with Crippen LogP contribution in [0.4, 0.5) is 0 Å². The number of hydrogen-bond donors (Lipinski definition) is 2. The van der Waals surface area contributed by atoms with Crippen molar-refractivity contribution in [2.24, 2.45) is 0 Å². The molecule has 1 aromatic heterocycles. The lowest BCUT2D eigenvalue weighted by molar-refractivity contribution is 0.415. The minimum atomic E-state index is -3.56. The SMILES string of the molecule is CCc1ccc(S(=O)(=O)NCC(C)(C)c2c[nH]c3ccc(OC)cc23)cc1. The van der Waals surface area contributed by atoms with Crippen LogP contribution in [0.5, 0.6) is 5.75 Å². The number of benzene rings is 2. The molecule has 5 nitrogen and oxygen atoms in total. The van der Waals surface area contributed by atoms with E-state index in [4.69, 9.17) is 4.74 Å². The molecule has 0 saturated heterocycles. The van der Waals surface area contributed by atoms with Crippen molar-refractivity contribution < 1.29 is 13.2 Å². The van der Waals surface area contributed by atoms with Gasteiger partial charge in [0.1, 0.15) is 5.75 Å². The molecular formula is C21H26N2O3S. The lowest BCUT2D eigenvalue weighted by Crippen LogP contribution is -2.36. The van der Waals surface area contributed by atoms with Crippen molar-refractivity contribution in [3.05, 3.63) is 59.8 Å². The van der Waals surface area contributed by atoms with Gasteiger partial charge in [0.25, 0.3) is 0 Å². The van der Waals surface area contributed by atoms with E-state index in [1.54, 1.807) is 19.2 Å². The first kappa shape index (κ1) is 19.5. The first-order valence-corrected chi connectivity index (χ1v) is 10.5.